The van der Waals surface area contributed by atoms with Crippen LogP contribution in [0.1, 0.15) is 71.1 Å². The summed E-state index contributed by atoms with van der Waals surface area (Å²) in [6.07, 6.45) is 11.5. The summed E-state index contributed by atoms with van der Waals surface area (Å²) in [4.78, 5) is 18.1. The highest BCUT2D eigenvalue weighted by molar-refractivity contribution is 7.39. The van der Waals surface area contributed by atoms with Gasteiger partial charge in [-0.05, 0) is 19.3 Å². The van der Waals surface area contributed by atoms with Crippen LogP contribution in [-0.2, 0) is 4.52 Å². The molecule has 0 saturated heterocycles. The van der Waals surface area contributed by atoms with E-state index in [2.05, 4.69) is 6.92 Å². The van der Waals surface area contributed by atoms with E-state index in [-0.39, 0.29) is 5.60 Å². The second-order valence-electron chi connectivity index (χ2n) is 4.90. The SMILES string of the molecule is CCCCCCC1(OP(O)O)CCCCC1. The topological polar surface area (TPSA) is 49.7 Å². The smallest absolute Gasteiger partial charge is 0.327 e. The highest BCUT2D eigenvalue weighted by atomic mass is 31.2. The summed E-state index contributed by atoms with van der Waals surface area (Å²) in [6, 6.07) is 0. The van der Waals surface area contributed by atoms with Crippen LogP contribution >= 0.6 is 8.60 Å². The quantitative estimate of drug-likeness (QED) is 0.531. The molecule has 1 rings (SSSR count). The Bertz CT molecular complexity index is 179. The van der Waals surface area contributed by atoms with Gasteiger partial charge < -0.3 is 14.3 Å². The second-order valence-corrected chi connectivity index (χ2v) is 5.59. The minimum absolute atomic E-state index is 0.221. The molecule has 0 radical (unpaired) electrons. The fourth-order valence-electron chi connectivity index (χ4n) is 2.63. The van der Waals surface area contributed by atoms with E-state index in [1.165, 1.54) is 25.7 Å². The molecule has 0 aromatic heterocycles. The van der Waals surface area contributed by atoms with Gasteiger partial charge in [0.2, 0.25) is 0 Å². The van der Waals surface area contributed by atoms with Crippen molar-refractivity contribution in [2.75, 3.05) is 0 Å². The van der Waals surface area contributed by atoms with E-state index < -0.39 is 8.60 Å². The normalized spacial score (nSPS) is 20.2. The van der Waals surface area contributed by atoms with Gasteiger partial charge in [0.05, 0.1) is 5.60 Å². The van der Waals surface area contributed by atoms with E-state index in [0.29, 0.717) is 0 Å². The molecule has 2 N–H and O–H groups in total. The molecule has 3 nitrogen and oxygen atoms in total. The molecule has 0 heterocycles. The standard InChI is InChI=1S/C12H25O3P/c1-2-3-4-6-9-12(15-16(13)14)10-7-5-8-11-12/h13-14H,2-11H2,1H3. The summed E-state index contributed by atoms with van der Waals surface area (Å²) in [5.74, 6) is 0. The molecular formula is C12H25O3P. The minimum atomic E-state index is -2.20. The van der Waals surface area contributed by atoms with Crippen molar-refractivity contribution in [3.8, 4) is 0 Å². The maximum atomic E-state index is 9.07. The van der Waals surface area contributed by atoms with Gasteiger partial charge in [-0.25, -0.2) is 0 Å². The van der Waals surface area contributed by atoms with Gasteiger partial charge >= 0.3 is 8.60 Å². The van der Waals surface area contributed by atoms with Crippen molar-refractivity contribution < 1.29 is 14.3 Å². The third kappa shape index (κ3) is 5.09. The first-order valence-electron chi connectivity index (χ1n) is 6.55. The van der Waals surface area contributed by atoms with Crippen LogP contribution in [0.25, 0.3) is 0 Å². The molecule has 4 heteroatoms. The summed E-state index contributed by atoms with van der Waals surface area (Å²) >= 11 is 0. The van der Waals surface area contributed by atoms with Crippen molar-refractivity contribution in [2.24, 2.45) is 0 Å². The molecule has 0 aromatic rings. The Morgan fingerprint density at radius 2 is 1.75 bits per heavy atom. The molecule has 0 atom stereocenters. The minimum Gasteiger partial charge on any atom is -0.328 e. The fourth-order valence-corrected chi connectivity index (χ4v) is 3.25. The molecule has 16 heavy (non-hydrogen) atoms. The first kappa shape index (κ1) is 14.4. The predicted octanol–water partition coefficient (Wildman–Crippen LogP) is 3.89. The molecule has 1 fully saturated rings. The van der Waals surface area contributed by atoms with Crippen LogP contribution in [0.3, 0.4) is 0 Å². The second kappa shape index (κ2) is 7.60. The summed E-state index contributed by atoms with van der Waals surface area (Å²) in [6.45, 7) is 2.20. The highest BCUT2D eigenvalue weighted by Gasteiger charge is 2.34. The summed E-state index contributed by atoms with van der Waals surface area (Å²) in [5, 5.41) is 0. The lowest BCUT2D eigenvalue weighted by molar-refractivity contribution is 0.00932. The Balaban J connectivity index is 2.36. The average Bonchev–Trinajstić information content (AvgIpc) is 2.25. The van der Waals surface area contributed by atoms with E-state index in [9.17, 15) is 0 Å². The number of hydrogen-bond donors (Lipinski definition) is 2. The highest BCUT2D eigenvalue weighted by Crippen LogP contribution is 2.44. The summed E-state index contributed by atoms with van der Waals surface area (Å²) < 4.78 is 5.43. The van der Waals surface area contributed by atoms with Crippen LogP contribution < -0.4 is 0 Å². The Labute approximate surface area is 100 Å². The van der Waals surface area contributed by atoms with Crippen LogP contribution in [0, 0.1) is 0 Å². The number of rotatable bonds is 7. The predicted molar refractivity (Wildman–Crippen MR) is 67.0 cm³/mol. The van der Waals surface area contributed by atoms with Crippen LogP contribution in [-0.4, -0.2) is 15.4 Å². The maximum absolute atomic E-state index is 9.07. The Morgan fingerprint density at radius 3 is 2.31 bits per heavy atom. The third-order valence-corrected chi connectivity index (χ3v) is 4.08. The van der Waals surface area contributed by atoms with Gasteiger partial charge in [-0.2, -0.15) is 0 Å². The van der Waals surface area contributed by atoms with Gasteiger partial charge in [-0.3, -0.25) is 0 Å². The summed E-state index contributed by atoms with van der Waals surface area (Å²) in [7, 11) is -2.20. The molecule has 1 saturated carbocycles. The van der Waals surface area contributed by atoms with Gasteiger partial charge in [0.15, 0.2) is 0 Å². The lowest BCUT2D eigenvalue weighted by atomic mass is 9.81. The zero-order valence-electron chi connectivity index (χ0n) is 10.3. The van der Waals surface area contributed by atoms with Gasteiger partial charge in [0, 0.05) is 0 Å². The van der Waals surface area contributed by atoms with Crippen molar-refractivity contribution >= 4 is 8.60 Å². The van der Waals surface area contributed by atoms with E-state index in [0.717, 1.165) is 38.5 Å². The van der Waals surface area contributed by atoms with Crippen molar-refractivity contribution in [2.45, 2.75) is 76.7 Å². The molecule has 0 amide bonds. The lowest BCUT2D eigenvalue weighted by Gasteiger charge is -2.37. The molecule has 1 aliphatic rings. The van der Waals surface area contributed by atoms with Gasteiger partial charge in [-0.1, -0.05) is 51.9 Å². The van der Waals surface area contributed by atoms with Crippen LogP contribution in [0.15, 0.2) is 0 Å². The fraction of sp³-hybridized carbons (Fsp3) is 1.00. The van der Waals surface area contributed by atoms with Crippen LogP contribution in [0.5, 0.6) is 0 Å². The van der Waals surface area contributed by atoms with Crippen LogP contribution in [0.2, 0.25) is 0 Å². The molecule has 0 unspecified atom stereocenters. The zero-order valence-corrected chi connectivity index (χ0v) is 11.2. The van der Waals surface area contributed by atoms with Crippen molar-refractivity contribution in [3.05, 3.63) is 0 Å². The first-order valence-corrected chi connectivity index (χ1v) is 7.72. The van der Waals surface area contributed by atoms with Crippen molar-refractivity contribution in [1.82, 2.24) is 0 Å². The molecule has 0 aromatic carbocycles. The maximum Gasteiger partial charge on any atom is 0.327 e. The van der Waals surface area contributed by atoms with Crippen molar-refractivity contribution in [3.63, 3.8) is 0 Å². The monoisotopic (exact) mass is 248 g/mol. The first-order chi connectivity index (χ1) is 7.68. The molecule has 0 bridgehead atoms. The number of hydrogen-bond acceptors (Lipinski definition) is 3. The van der Waals surface area contributed by atoms with Gasteiger partial charge in [0.25, 0.3) is 0 Å². The zero-order chi connectivity index (χ0) is 11.9. The van der Waals surface area contributed by atoms with Gasteiger partial charge in [-0.15, -0.1) is 0 Å². The molecule has 96 valence electrons. The molecule has 0 aliphatic heterocycles. The average molecular weight is 248 g/mol. The Morgan fingerprint density at radius 1 is 1.06 bits per heavy atom. The lowest BCUT2D eigenvalue weighted by Crippen LogP contribution is -2.33. The van der Waals surface area contributed by atoms with Crippen LogP contribution in [0.4, 0.5) is 0 Å². The largest absolute Gasteiger partial charge is 0.328 e. The number of unbranched alkanes of at least 4 members (excludes halogenated alkanes) is 3. The third-order valence-electron chi connectivity index (χ3n) is 3.53. The molecular weight excluding hydrogens is 223 g/mol. The Hall–Kier alpha value is 0.310. The van der Waals surface area contributed by atoms with Gasteiger partial charge in [0.1, 0.15) is 0 Å². The van der Waals surface area contributed by atoms with E-state index in [1.807, 2.05) is 0 Å². The van der Waals surface area contributed by atoms with E-state index in [4.69, 9.17) is 14.3 Å². The molecule has 0 spiro atoms. The van der Waals surface area contributed by atoms with Crippen molar-refractivity contribution in [1.29, 1.82) is 0 Å². The summed E-state index contributed by atoms with van der Waals surface area (Å²) in [5.41, 5.74) is -0.221. The van der Waals surface area contributed by atoms with E-state index >= 15 is 0 Å². The Kier molecular flexibility index (Phi) is 6.83. The molecule has 1 aliphatic carbocycles. The van der Waals surface area contributed by atoms with E-state index in [1.54, 1.807) is 0 Å².